The number of amides is 1. The Morgan fingerprint density at radius 2 is 1.89 bits per heavy atom. The molecule has 1 rings (SSSR count). The zero-order valence-electron chi connectivity index (χ0n) is 12.3. The van der Waals surface area contributed by atoms with Crippen LogP contribution in [0.5, 0.6) is 0 Å². The molecule has 106 valence electrons. The smallest absolute Gasteiger partial charge is 0.251 e. The van der Waals surface area contributed by atoms with E-state index >= 15 is 0 Å². The van der Waals surface area contributed by atoms with Gasteiger partial charge in [-0.1, -0.05) is 39.3 Å². The van der Waals surface area contributed by atoms with Gasteiger partial charge in [0.2, 0.25) is 0 Å². The summed E-state index contributed by atoms with van der Waals surface area (Å²) in [6.45, 7) is 7.81. The lowest BCUT2D eigenvalue weighted by atomic mass is 10.0. The molecule has 1 unspecified atom stereocenters. The Morgan fingerprint density at radius 3 is 2.37 bits per heavy atom. The molecule has 0 saturated heterocycles. The van der Waals surface area contributed by atoms with Crippen molar-refractivity contribution in [2.24, 2.45) is 11.7 Å². The second kappa shape index (κ2) is 7.95. The summed E-state index contributed by atoms with van der Waals surface area (Å²) in [5, 5.41) is 2.99. The third-order valence-corrected chi connectivity index (χ3v) is 3.54. The van der Waals surface area contributed by atoms with Gasteiger partial charge in [-0.3, -0.25) is 4.79 Å². The van der Waals surface area contributed by atoms with E-state index in [1.807, 2.05) is 24.3 Å². The highest BCUT2D eigenvalue weighted by molar-refractivity contribution is 5.94. The number of nitrogens with two attached hydrogens (primary N) is 1. The predicted molar refractivity (Wildman–Crippen MR) is 80.3 cm³/mol. The van der Waals surface area contributed by atoms with Crippen LogP contribution in [0, 0.1) is 5.92 Å². The summed E-state index contributed by atoms with van der Waals surface area (Å²) in [5.41, 5.74) is 7.54. The molecule has 0 aliphatic heterocycles. The zero-order chi connectivity index (χ0) is 14.3. The van der Waals surface area contributed by atoms with Crippen LogP contribution in [0.15, 0.2) is 24.3 Å². The van der Waals surface area contributed by atoms with Crippen molar-refractivity contribution >= 4 is 5.91 Å². The molecule has 0 fully saturated rings. The first-order valence-corrected chi connectivity index (χ1v) is 7.16. The minimum Gasteiger partial charge on any atom is -0.352 e. The van der Waals surface area contributed by atoms with Gasteiger partial charge in [0.05, 0.1) is 0 Å². The van der Waals surface area contributed by atoms with Crippen LogP contribution in [0.3, 0.4) is 0 Å². The first-order valence-electron chi connectivity index (χ1n) is 7.16. The molecule has 1 amide bonds. The Kier molecular flexibility index (Phi) is 6.57. The molecule has 0 aliphatic rings. The first kappa shape index (κ1) is 15.7. The Hall–Kier alpha value is -1.35. The second-order valence-electron chi connectivity index (χ2n) is 5.34. The highest BCUT2D eigenvalue weighted by atomic mass is 16.1. The van der Waals surface area contributed by atoms with Crippen LogP contribution < -0.4 is 11.1 Å². The highest BCUT2D eigenvalue weighted by Crippen LogP contribution is 2.14. The van der Waals surface area contributed by atoms with Gasteiger partial charge in [-0.05, 0) is 42.5 Å². The molecule has 3 heteroatoms. The molecule has 0 aliphatic carbocycles. The van der Waals surface area contributed by atoms with E-state index in [1.165, 1.54) is 5.56 Å². The fourth-order valence-electron chi connectivity index (χ4n) is 2.04. The minimum absolute atomic E-state index is 0.00535. The van der Waals surface area contributed by atoms with Gasteiger partial charge in [0.25, 0.3) is 5.91 Å². The van der Waals surface area contributed by atoms with Gasteiger partial charge in [-0.2, -0.15) is 0 Å². The molecule has 0 spiro atoms. The molecule has 0 radical (unpaired) electrons. The Labute approximate surface area is 116 Å². The number of rotatable bonds is 7. The molecule has 0 bridgehead atoms. The fraction of sp³-hybridized carbons (Fsp3) is 0.562. The van der Waals surface area contributed by atoms with Gasteiger partial charge in [0, 0.05) is 12.1 Å². The van der Waals surface area contributed by atoms with Crippen molar-refractivity contribution in [2.45, 2.75) is 39.5 Å². The number of carbonyl (C=O) groups is 1. The van der Waals surface area contributed by atoms with Gasteiger partial charge in [-0.15, -0.1) is 0 Å². The van der Waals surface area contributed by atoms with E-state index in [-0.39, 0.29) is 5.91 Å². The van der Waals surface area contributed by atoms with Crippen LogP contribution in [-0.4, -0.2) is 19.0 Å². The summed E-state index contributed by atoms with van der Waals surface area (Å²) in [4.78, 5) is 12.0. The van der Waals surface area contributed by atoms with Crippen molar-refractivity contribution in [3.8, 4) is 0 Å². The molecule has 19 heavy (non-hydrogen) atoms. The topological polar surface area (TPSA) is 55.1 Å². The standard InChI is InChI=1S/C16H26N2O/c1-4-13(9-10-17)11-18-16(19)15-7-5-14(6-8-15)12(2)3/h5-8,12-13H,4,9-11,17H2,1-3H3,(H,18,19). The van der Waals surface area contributed by atoms with Crippen LogP contribution in [0.4, 0.5) is 0 Å². The van der Waals surface area contributed by atoms with Crippen LogP contribution in [0.1, 0.15) is 55.5 Å². The Bertz CT molecular complexity index is 384. The van der Waals surface area contributed by atoms with Crippen LogP contribution in [-0.2, 0) is 0 Å². The van der Waals surface area contributed by atoms with Gasteiger partial charge in [-0.25, -0.2) is 0 Å². The van der Waals surface area contributed by atoms with E-state index in [0.29, 0.717) is 24.9 Å². The van der Waals surface area contributed by atoms with Crippen molar-refractivity contribution in [3.05, 3.63) is 35.4 Å². The lowest BCUT2D eigenvalue weighted by Gasteiger charge is -2.14. The number of nitrogens with one attached hydrogen (secondary N) is 1. The van der Waals surface area contributed by atoms with Crippen molar-refractivity contribution in [1.82, 2.24) is 5.32 Å². The molecule has 3 nitrogen and oxygen atoms in total. The summed E-state index contributed by atoms with van der Waals surface area (Å²) < 4.78 is 0. The second-order valence-corrected chi connectivity index (χ2v) is 5.34. The SMILES string of the molecule is CCC(CCN)CNC(=O)c1ccc(C(C)C)cc1. The van der Waals surface area contributed by atoms with E-state index in [0.717, 1.165) is 18.4 Å². The molecule has 0 heterocycles. The highest BCUT2D eigenvalue weighted by Gasteiger charge is 2.10. The van der Waals surface area contributed by atoms with E-state index in [2.05, 4.69) is 26.1 Å². The molecule has 1 atom stereocenters. The molecule has 1 aromatic rings. The predicted octanol–water partition coefficient (Wildman–Crippen LogP) is 2.91. The van der Waals surface area contributed by atoms with Gasteiger partial charge in [0.1, 0.15) is 0 Å². The van der Waals surface area contributed by atoms with Gasteiger partial charge < -0.3 is 11.1 Å². The maximum Gasteiger partial charge on any atom is 0.251 e. The van der Waals surface area contributed by atoms with Crippen molar-refractivity contribution in [3.63, 3.8) is 0 Å². The van der Waals surface area contributed by atoms with Gasteiger partial charge >= 0.3 is 0 Å². The van der Waals surface area contributed by atoms with E-state index in [4.69, 9.17) is 5.73 Å². The van der Waals surface area contributed by atoms with E-state index in [9.17, 15) is 4.79 Å². The average Bonchev–Trinajstić information content (AvgIpc) is 2.43. The van der Waals surface area contributed by atoms with Crippen molar-refractivity contribution in [1.29, 1.82) is 0 Å². The number of hydrogen-bond donors (Lipinski definition) is 2. The summed E-state index contributed by atoms with van der Waals surface area (Å²) in [6.07, 6.45) is 2.01. The van der Waals surface area contributed by atoms with Crippen LogP contribution >= 0.6 is 0 Å². The molecular formula is C16H26N2O. The third-order valence-electron chi connectivity index (χ3n) is 3.54. The monoisotopic (exact) mass is 262 g/mol. The number of carbonyl (C=O) groups excluding carboxylic acids is 1. The molecular weight excluding hydrogens is 236 g/mol. The quantitative estimate of drug-likeness (QED) is 0.794. The first-order chi connectivity index (χ1) is 9.08. The molecule has 1 aromatic carbocycles. The van der Waals surface area contributed by atoms with Crippen LogP contribution in [0.25, 0.3) is 0 Å². The number of hydrogen-bond acceptors (Lipinski definition) is 2. The summed E-state index contributed by atoms with van der Waals surface area (Å²) >= 11 is 0. The van der Waals surface area contributed by atoms with E-state index in [1.54, 1.807) is 0 Å². The largest absolute Gasteiger partial charge is 0.352 e. The lowest BCUT2D eigenvalue weighted by molar-refractivity contribution is 0.0946. The Balaban J connectivity index is 2.53. The normalized spacial score (nSPS) is 12.5. The maximum atomic E-state index is 12.0. The molecule has 0 saturated carbocycles. The third kappa shape index (κ3) is 5.03. The summed E-state index contributed by atoms with van der Waals surface area (Å²) in [7, 11) is 0. The number of benzene rings is 1. The molecule has 3 N–H and O–H groups in total. The zero-order valence-corrected chi connectivity index (χ0v) is 12.3. The van der Waals surface area contributed by atoms with Crippen molar-refractivity contribution in [2.75, 3.05) is 13.1 Å². The van der Waals surface area contributed by atoms with Crippen LogP contribution in [0.2, 0.25) is 0 Å². The molecule has 0 aromatic heterocycles. The van der Waals surface area contributed by atoms with E-state index < -0.39 is 0 Å². The summed E-state index contributed by atoms with van der Waals surface area (Å²) in [5.74, 6) is 0.973. The Morgan fingerprint density at radius 1 is 1.26 bits per heavy atom. The average molecular weight is 262 g/mol. The summed E-state index contributed by atoms with van der Waals surface area (Å²) in [6, 6.07) is 7.84. The van der Waals surface area contributed by atoms with Gasteiger partial charge in [0.15, 0.2) is 0 Å². The maximum absolute atomic E-state index is 12.0. The fourth-order valence-corrected chi connectivity index (χ4v) is 2.04. The van der Waals surface area contributed by atoms with Crippen molar-refractivity contribution < 1.29 is 4.79 Å². The lowest BCUT2D eigenvalue weighted by Crippen LogP contribution is -2.30. The minimum atomic E-state index is 0.00535.